The number of amides is 1. The largest absolute Gasteiger partial charge is 0.339 e. The molecule has 1 aliphatic heterocycles. The second-order valence-electron chi connectivity index (χ2n) is 6.78. The highest BCUT2D eigenvalue weighted by atomic mass is 32.1. The fourth-order valence-corrected chi connectivity index (χ4v) is 4.03. The molecular formula is C21H20FN5OS. The van der Waals surface area contributed by atoms with Crippen LogP contribution in [0.5, 0.6) is 0 Å². The monoisotopic (exact) mass is 409 g/mol. The summed E-state index contributed by atoms with van der Waals surface area (Å²) in [4.78, 5) is 27.0. The summed E-state index contributed by atoms with van der Waals surface area (Å²) < 4.78 is 13.0. The first-order valence-corrected chi connectivity index (χ1v) is 10.3. The van der Waals surface area contributed by atoms with Crippen LogP contribution in [0.2, 0.25) is 0 Å². The third kappa shape index (κ3) is 5.03. The SMILES string of the molecule is O=C(/C=C/c1cccnc1)N1CCC(c2csc(Nc3ccc(F)cn3)n2)CC1. The molecule has 0 aliphatic carbocycles. The molecule has 6 nitrogen and oxygen atoms in total. The molecule has 0 atom stereocenters. The zero-order valence-electron chi connectivity index (χ0n) is 15.7. The Morgan fingerprint density at radius 1 is 1.24 bits per heavy atom. The number of anilines is 2. The van der Waals surface area contributed by atoms with Crippen LogP contribution in [0.4, 0.5) is 15.3 Å². The van der Waals surface area contributed by atoms with Gasteiger partial charge in [0.05, 0.1) is 11.9 Å². The van der Waals surface area contributed by atoms with Gasteiger partial charge in [0.15, 0.2) is 5.13 Å². The van der Waals surface area contributed by atoms with Gasteiger partial charge in [-0.05, 0) is 42.7 Å². The Kier molecular flexibility index (Phi) is 5.90. The van der Waals surface area contributed by atoms with E-state index in [1.54, 1.807) is 30.6 Å². The summed E-state index contributed by atoms with van der Waals surface area (Å²) in [5, 5.41) is 5.87. The quantitative estimate of drug-likeness (QED) is 0.639. The number of halogens is 1. The van der Waals surface area contributed by atoms with Crippen molar-refractivity contribution in [2.75, 3.05) is 18.4 Å². The standard InChI is InChI=1S/C21H20FN5OS/c22-17-4-5-19(24-13-17)26-21-25-18(14-29-21)16-7-10-27(11-8-16)20(28)6-3-15-2-1-9-23-12-15/h1-6,9,12-14,16H,7-8,10-11H2,(H,24,25,26)/b6-3+. The number of pyridine rings is 2. The predicted octanol–water partition coefficient (Wildman–Crippen LogP) is 4.24. The zero-order chi connectivity index (χ0) is 20.1. The average molecular weight is 409 g/mol. The lowest BCUT2D eigenvalue weighted by atomic mass is 9.94. The molecule has 1 saturated heterocycles. The third-order valence-corrected chi connectivity index (χ3v) is 5.59. The van der Waals surface area contributed by atoms with Gasteiger partial charge in [0.25, 0.3) is 0 Å². The van der Waals surface area contributed by atoms with Crippen molar-refractivity contribution >= 4 is 34.3 Å². The molecule has 4 heterocycles. The molecule has 3 aromatic heterocycles. The highest BCUT2D eigenvalue weighted by Crippen LogP contribution is 2.31. The van der Waals surface area contributed by atoms with Crippen molar-refractivity contribution in [2.24, 2.45) is 0 Å². The Hall–Kier alpha value is -3.13. The Morgan fingerprint density at radius 3 is 2.83 bits per heavy atom. The summed E-state index contributed by atoms with van der Waals surface area (Å²) in [6.07, 6.45) is 9.77. The average Bonchev–Trinajstić information content (AvgIpc) is 3.23. The van der Waals surface area contributed by atoms with Crippen LogP contribution < -0.4 is 5.32 Å². The number of hydrogen-bond acceptors (Lipinski definition) is 6. The topological polar surface area (TPSA) is 71.0 Å². The van der Waals surface area contributed by atoms with Crippen LogP contribution in [0.1, 0.15) is 30.0 Å². The van der Waals surface area contributed by atoms with Gasteiger partial charge in [0.1, 0.15) is 11.6 Å². The van der Waals surface area contributed by atoms with E-state index in [4.69, 9.17) is 0 Å². The molecule has 1 amide bonds. The lowest BCUT2D eigenvalue weighted by Gasteiger charge is -2.30. The number of carbonyl (C=O) groups excluding carboxylic acids is 1. The first-order chi connectivity index (χ1) is 14.2. The minimum Gasteiger partial charge on any atom is -0.339 e. The molecule has 0 unspecified atom stereocenters. The fraction of sp³-hybridized carbons (Fsp3) is 0.238. The van der Waals surface area contributed by atoms with Gasteiger partial charge in [-0.15, -0.1) is 11.3 Å². The van der Waals surface area contributed by atoms with Crippen LogP contribution in [0.15, 0.2) is 54.3 Å². The maximum Gasteiger partial charge on any atom is 0.246 e. The minimum atomic E-state index is -0.369. The molecule has 1 aliphatic rings. The number of nitrogens with one attached hydrogen (secondary N) is 1. The van der Waals surface area contributed by atoms with Gasteiger partial charge in [-0.2, -0.15) is 0 Å². The van der Waals surface area contributed by atoms with Gasteiger partial charge in [-0.25, -0.2) is 14.4 Å². The summed E-state index contributed by atoms with van der Waals surface area (Å²) in [5.41, 5.74) is 1.94. The number of aromatic nitrogens is 3. The van der Waals surface area contributed by atoms with Crippen molar-refractivity contribution < 1.29 is 9.18 Å². The maximum absolute atomic E-state index is 13.0. The molecule has 0 aromatic carbocycles. The molecule has 148 valence electrons. The zero-order valence-corrected chi connectivity index (χ0v) is 16.5. The first kappa shape index (κ1) is 19.2. The number of rotatable bonds is 5. The highest BCUT2D eigenvalue weighted by Gasteiger charge is 2.24. The number of piperidine rings is 1. The number of nitrogens with zero attached hydrogens (tertiary/aromatic N) is 4. The van der Waals surface area contributed by atoms with Crippen molar-refractivity contribution in [3.05, 3.63) is 71.4 Å². The second kappa shape index (κ2) is 8.91. The molecule has 4 rings (SSSR count). The van der Waals surface area contributed by atoms with Crippen LogP contribution in [0, 0.1) is 5.82 Å². The molecule has 1 fully saturated rings. The summed E-state index contributed by atoms with van der Waals surface area (Å²) in [6.45, 7) is 1.42. The van der Waals surface area contributed by atoms with Gasteiger partial charge >= 0.3 is 0 Å². The van der Waals surface area contributed by atoms with Gasteiger partial charge in [0.2, 0.25) is 5.91 Å². The van der Waals surface area contributed by atoms with Crippen molar-refractivity contribution in [3.8, 4) is 0 Å². The van der Waals surface area contributed by atoms with Crippen molar-refractivity contribution in [2.45, 2.75) is 18.8 Å². The van der Waals surface area contributed by atoms with Crippen LogP contribution in [0.3, 0.4) is 0 Å². The van der Waals surface area contributed by atoms with E-state index < -0.39 is 0 Å². The minimum absolute atomic E-state index is 0.0234. The van der Waals surface area contributed by atoms with Crippen molar-refractivity contribution in [1.82, 2.24) is 19.9 Å². The molecule has 0 bridgehead atoms. The van der Waals surface area contributed by atoms with E-state index in [0.29, 0.717) is 24.8 Å². The first-order valence-electron chi connectivity index (χ1n) is 9.38. The number of hydrogen-bond donors (Lipinski definition) is 1. The second-order valence-corrected chi connectivity index (χ2v) is 7.64. The molecular weight excluding hydrogens is 389 g/mol. The van der Waals surface area contributed by atoms with Crippen LogP contribution in [0.25, 0.3) is 6.08 Å². The van der Waals surface area contributed by atoms with E-state index in [1.807, 2.05) is 22.4 Å². The number of carbonyl (C=O) groups is 1. The molecule has 3 aromatic rings. The fourth-order valence-electron chi connectivity index (χ4n) is 3.23. The van der Waals surface area contributed by atoms with E-state index in [1.165, 1.54) is 23.6 Å². The summed E-state index contributed by atoms with van der Waals surface area (Å²) in [7, 11) is 0. The van der Waals surface area contributed by atoms with Crippen molar-refractivity contribution in [3.63, 3.8) is 0 Å². The smallest absolute Gasteiger partial charge is 0.246 e. The Bertz CT molecular complexity index is 982. The van der Waals surface area contributed by atoms with Gasteiger partial charge in [-0.3, -0.25) is 9.78 Å². The van der Waals surface area contributed by atoms with Crippen LogP contribution in [-0.4, -0.2) is 38.8 Å². The lowest BCUT2D eigenvalue weighted by molar-refractivity contribution is -0.126. The van der Waals surface area contributed by atoms with E-state index in [-0.39, 0.29) is 11.7 Å². The molecule has 0 radical (unpaired) electrons. The van der Waals surface area contributed by atoms with E-state index >= 15 is 0 Å². The Balaban J connectivity index is 1.30. The Morgan fingerprint density at radius 2 is 2.10 bits per heavy atom. The maximum atomic E-state index is 13.0. The molecule has 1 N–H and O–H groups in total. The summed E-state index contributed by atoms with van der Waals surface area (Å²) in [5.74, 6) is 0.546. The normalized spacial score (nSPS) is 15.0. The van der Waals surface area contributed by atoms with Gasteiger partial charge in [-0.1, -0.05) is 6.07 Å². The summed E-state index contributed by atoms with van der Waals surface area (Å²) in [6, 6.07) is 6.70. The van der Waals surface area contributed by atoms with E-state index in [2.05, 4.69) is 20.3 Å². The van der Waals surface area contributed by atoms with E-state index in [0.717, 1.165) is 29.2 Å². The molecule has 0 saturated carbocycles. The molecule has 0 spiro atoms. The van der Waals surface area contributed by atoms with Crippen LogP contribution >= 0.6 is 11.3 Å². The van der Waals surface area contributed by atoms with E-state index in [9.17, 15) is 9.18 Å². The Labute approximate surface area is 172 Å². The predicted molar refractivity (Wildman–Crippen MR) is 111 cm³/mol. The number of thiazole rings is 1. The number of likely N-dealkylation sites (tertiary alicyclic amines) is 1. The van der Waals surface area contributed by atoms with Gasteiger partial charge < -0.3 is 10.2 Å². The highest BCUT2D eigenvalue weighted by molar-refractivity contribution is 7.13. The lowest BCUT2D eigenvalue weighted by Crippen LogP contribution is -2.36. The van der Waals surface area contributed by atoms with Crippen LogP contribution in [-0.2, 0) is 4.79 Å². The molecule has 29 heavy (non-hydrogen) atoms. The van der Waals surface area contributed by atoms with Gasteiger partial charge in [0, 0.05) is 42.9 Å². The summed E-state index contributed by atoms with van der Waals surface area (Å²) >= 11 is 1.50. The van der Waals surface area contributed by atoms with Crippen molar-refractivity contribution in [1.29, 1.82) is 0 Å². The third-order valence-electron chi connectivity index (χ3n) is 4.81. The molecule has 8 heteroatoms.